The zero-order valence-corrected chi connectivity index (χ0v) is 23.2. The second-order valence-corrected chi connectivity index (χ2v) is 12.2. The molecule has 40 heavy (non-hydrogen) atoms. The molecule has 2 aliphatic rings. The van der Waals surface area contributed by atoms with E-state index < -0.39 is 5.91 Å². The molecule has 11 heteroatoms. The smallest absolute Gasteiger partial charge is 0.291 e. The molecular formula is C29H25FN6O2S2. The summed E-state index contributed by atoms with van der Waals surface area (Å²) in [5.74, 6) is -1.09. The van der Waals surface area contributed by atoms with Crippen molar-refractivity contribution in [3.8, 4) is 11.1 Å². The number of hydrogen-bond acceptors (Lipinski definition) is 8. The van der Waals surface area contributed by atoms with Crippen LogP contribution in [0.2, 0.25) is 0 Å². The van der Waals surface area contributed by atoms with Gasteiger partial charge in [0.05, 0.1) is 22.9 Å². The first kappa shape index (κ1) is 25.2. The van der Waals surface area contributed by atoms with Gasteiger partial charge in [0.1, 0.15) is 5.82 Å². The Bertz CT molecular complexity index is 1810. The first-order chi connectivity index (χ1) is 19.4. The normalized spacial score (nSPS) is 16.6. The summed E-state index contributed by atoms with van der Waals surface area (Å²) in [4.78, 5) is 36.4. The Balaban J connectivity index is 1.31. The van der Waals surface area contributed by atoms with E-state index in [-0.39, 0.29) is 22.8 Å². The number of carbonyl (C=O) groups excluding carboxylic acids is 2. The molecule has 1 amide bonds. The van der Waals surface area contributed by atoms with Crippen LogP contribution in [0.5, 0.6) is 0 Å². The molecule has 0 aliphatic carbocycles. The van der Waals surface area contributed by atoms with Crippen molar-refractivity contribution < 1.29 is 14.0 Å². The summed E-state index contributed by atoms with van der Waals surface area (Å²) in [7, 11) is 0. The van der Waals surface area contributed by atoms with Gasteiger partial charge in [0.25, 0.3) is 11.8 Å². The number of amides is 1. The SMILES string of the molecule is Cc1c(-c2cccc3c2ccn3C(=O)c2nc3c(s2)CNCC3)cc(F)cc1C1NCCc2nc(C(N)=O)sc21. The summed E-state index contributed by atoms with van der Waals surface area (Å²) >= 11 is 2.70. The molecule has 0 saturated heterocycles. The van der Waals surface area contributed by atoms with Gasteiger partial charge in [-0.3, -0.25) is 14.2 Å². The number of benzene rings is 2. The van der Waals surface area contributed by atoms with Gasteiger partial charge in [-0.1, -0.05) is 12.1 Å². The summed E-state index contributed by atoms with van der Waals surface area (Å²) in [6.45, 7) is 4.23. The highest BCUT2D eigenvalue weighted by atomic mass is 32.1. The molecule has 0 radical (unpaired) electrons. The molecule has 0 spiro atoms. The van der Waals surface area contributed by atoms with Gasteiger partial charge in [0.15, 0.2) is 10.0 Å². The predicted molar refractivity (Wildman–Crippen MR) is 154 cm³/mol. The highest BCUT2D eigenvalue weighted by molar-refractivity contribution is 7.14. The minimum absolute atomic E-state index is 0.169. The van der Waals surface area contributed by atoms with E-state index in [0.29, 0.717) is 18.0 Å². The maximum Gasteiger partial charge on any atom is 0.291 e. The summed E-state index contributed by atoms with van der Waals surface area (Å²) in [5.41, 5.74) is 11.3. The highest BCUT2D eigenvalue weighted by Crippen LogP contribution is 2.40. The predicted octanol–water partition coefficient (Wildman–Crippen LogP) is 4.34. The third kappa shape index (κ3) is 4.08. The lowest BCUT2D eigenvalue weighted by Gasteiger charge is -2.26. The molecule has 2 aliphatic heterocycles. The Labute approximate surface area is 237 Å². The number of rotatable bonds is 4. The van der Waals surface area contributed by atoms with Gasteiger partial charge in [0, 0.05) is 53.8 Å². The van der Waals surface area contributed by atoms with Crippen LogP contribution in [0.15, 0.2) is 42.6 Å². The largest absolute Gasteiger partial charge is 0.364 e. The van der Waals surface area contributed by atoms with Crippen LogP contribution in [-0.4, -0.2) is 39.4 Å². The van der Waals surface area contributed by atoms with Crippen molar-refractivity contribution in [2.24, 2.45) is 5.73 Å². The lowest BCUT2D eigenvalue weighted by atomic mass is 9.89. The molecule has 7 rings (SSSR count). The zero-order valence-electron chi connectivity index (χ0n) is 21.6. The van der Waals surface area contributed by atoms with Crippen LogP contribution in [0.3, 0.4) is 0 Å². The molecule has 202 valence electrons. The fraction of sp³-hybridized carbons (Fsp3) is 0.241. The van der Waals surface area contributed by atoms with Gasteiger partial charge < -0.3 is 16.4 Å². The number of nitrogens with one attached hydrogen (secondary N) is 2. The van der Waals surface area contributed by atoms with Crippen molar-refractivity contribution in [2.45, 2.75) is 32.4 Å². The number of fused-ring (bicyclic) bond motifs is 3. The Morgan fingerprint density at radius 3 is 2.70 bits per heavy atom. The number of nitrogens with zero attached hydrogens (tertiary/aromatic N) is 3. The van der Waals surface area contributed by atoms with Crippen LogP contribution in [-0.2, 0) is 19.4 Å². The van der Waals surface area contributed by atoms with Crippen molar-refractivity contribution in [1.82, 2.24) is 25.2 Å². The molecule has 2 aromatic carbocycles. The average molecular weight is 573 g/mol. The molecule has 0 saturated carbocycles. The Morgan fingerprint density at radius 1 is 1.05 bits per heavy atom. The van der Waals surface area contributed by atoms with Gasteiger partial charge in [-0.15, -0.1) is 22.7 Å². The zero-order chi connectivity index (χ0) is 27.5. The summed E-state index contributed by atoms with van der Waals surface area (Å²) in [5, 5.41) is 8.39. The monoisotopic (exact) mass is 572 g/mol. The van der Waals surface area contributed by atoms with E-state index in [0.717, 1.165) is 73.8 Å². The Morgan fingerprint density at radius 2 is 1.88 bits per heavy atom. The van der Waals surface area contributed by atoms with E-state index in [9.17, 15) is 9.59 Å². The number of aromatic nitrogens is 3. The quantitative estimate of drug-likeness (QED) is 0.295. The molecule has 1 unspecified atom stereocenters. The van der Waals surface area contributed by atoms with Crippen LogP contribution in [0.25, 0.3) is 22.0 Å². The van der Waals surface area contributed by atoms with Crippen LogP contribution in [0.4, 0.5) is 4.39 Å². The summed E-state index contributed by atoms with van der Waals surface area (Å²) in [6.07, 6.45) is 3.26. The lowest BCUT2D eigenvalue weighted by Crippen LogP contribution is -2.30. The molecule has 5 aromatic rings. The van der Waals surface area contributed by atoms with E-state index in [1.54, 1.807) is 22.9 Å². The van der Waals surface area contributed by atoms with E-state index in [2.05, 4.69) is 20.6 Å². The van der Waals surface area contributed by atoms with Crippen molar-refractivity contribution in [3.63, 3.8) is 0 Å². The molecule has 0 fully saturated rings. The Hall–Kier alpha value is -3.77. The molecule has 1 atom stereocenters. The van der Waals surface area contributed by atoms with E-state index in [4.69, 9.17) is 5.73 Å². The number of thiazole rings is 2. The maximum atomic E-state index is 15.2. The third-order valence-corrected chi connectivity index (χ3v) is 9.92. The molecule has 5 heterocycles. The van der Waals surface area contributed by atoms with E-state index in [1.807, 2.05) is 31.2 Å². The van der Waals surface area contributed by atoms with Crippen molar-refractivity contribution in [3.05, 3.63) is 90.7 Å². The van der Waals surface area contributed by atoms with Crippen molar-refractivity contribution >= 4 is 45.4 Å². The van der Waals surface area contributed by atoms with Crippen molar-refractivity contribution in [1.29, 1.82) is 0 Å². The number of primary amides is 1. The fourth-order valence-corrected chi connectivity index (χ4v) is 7.80. The van der Waals surface area contributed by atoms with Gasteiger partial charge in [-0.25, -0.2) is 14.4 Å². The summed E-state index contributed by atoms with van der Waals surface area (Å²) in [6, 6.07) is 10.4. The fourth-order valence-electron chi connectivity index (χ4n) is 5.73. The van der Waals surface area contributed by atoms with Crippen LogP contribution in [0, 0.1) is 12.7 Å². The highest BCUT2D eigenvalue weighted by Gasteiger charge is 2.29. The second-order valence-electron chi connectivity index (χ2n) is 10.0. The van der Waals surface area contributed by atoms with Gasteiger partial charge in [-0.2, -0.15) is 0 Å². The van der Waals surface area contributed by atoms with Crippen LogP contribution >= 0.6 is 22.7 Å². The number of nitrogens with two attached hydrogens (primary N) is 1. The first-order valence-electron chi connectivity index (χ1n) is 13.1. The van der Waals surface area contributed by atoms with Crippen molar-refractivity contribution in [2.75, 3.05) is 13.1 Å². The third-order valence-electron chi connectivity index (χ3n) is 7.66. The van der Waals surface area contributed by atoms with Gasteiger partial charge in [-0.05, 0) is 53.4 Å². The minimum Gasteiger partial charge on any atom is -0.364 e. The second kappa shape index (κ2) is 9.70. The molecule has 8 nitrogen and oxygen atoms in total. The number of hydrogen-bond donors (Lipinski definition) is 3. The molecule has 0 bridgehead atoms. The standard InChI is InChI=1S/C29H25FN6O2S2/c1-14-18(11-15(30)12-19(14)24-25-21(6-9-33-24)35-27(40-25)26(31)37)16-3-2-4-22-17(16)7-10-36(22)29(38)28-34-20-5-8-32-13-23(20)39-28/h2-4,7,10-12,24,32-33H,5-6,8-9,13H2,1H3,(H2,31,37). The lowest BCUT2D eigenvalue weighted by molar-refractivity contribution is 0.0962. The van der Waals surface area contributed by atoms with Gasteiger partial charge in [0.2, 0.25) is 0 Å². The minimum atomic E-state index is -0.560. The van der Waals surface area contributed by atoms with Crippen LogP contribution < -0.4 is 16.4 Å². The van der Waals surface area contributed by atoms with Crippen LogP contribution in [0.1, 0.15) is 57.9 Å². The average Bonchev–Trinajstić information content (AvgIpc) is 3.70. The molecule has 4 N–H and O–H groups in total. The van der Waals surface area contributed by atoms with Gasteiger partial charge >= 0.3 is 0 Å². The Kier molecular flexibility index (Phi) is 6.12. The van der Waals surface area contributed by atoms with E-state index in [1.165, 1.54) is 22.7 Å². The topological polar surface area (TPSA) is 115 Å². The summed E-state index contributed by atoms with van der Waals surface area (Å²) < 4.78 is 16.9. The maximum absolute atomic E-state index is 15.2. The number of carbonyl (C=O) groups is 2. The van der Waals surface area contributed by atoms with E-state index >= 15 is 4.39 Å². The first-order valence-corrected chi connectivity index (χ1v) is 14.7. The number of halogens is 1. The molecule has 3 aromatic heterocycles. The molecular weight excluding hydrogens is 547 g/mol.